The lowest BCUT2D eigenvalue weighted by atomic mass is 9.87. The third-order valence-corrected chi connectivity index (χ3v) is 4.05. The average molecular weight is 227 g/mol. The summed E-state index contributed by atoms with van der Waals surface area (Å²) in [5.74, 6) is 0.847. The van der Waals surface area contributed by atoms with Crippen molar-refractivity contribution in [2.75, 3.05) is 20.2 Å². The highest BCUT2D eigenvalue weighted by Crippen LogP contribution is 2.25. The molecule has 2 unspecified atom stereocenters. The first-order valence-electron chi connectivity index (χ1n) is 7.07. The second-order valence-corrected chi connectivity index (χ2v) is 5.45. The third kappa shape index (κ3) is 4.84. The molecular weight excluding hydrogens is 198 g/mol. The van der Waals surface area contributed by atoms with E-state index in [0.29, 0.717) is 6.61 Å². The fourth-order valence-electron chi connectivity index (χ4n) is 2.94. The molecular formula is C14H29NO. The number of hydrogen-bond acceptors (Lipinski definition) is 2. The van der Waals surface area contributed by atoms with Gasteiger partial charge in [0.1, 0.15) is 0 Å². The van der Waals surface area contributed by atoms with E-state index in [0.717, 1.165) is 31.3 Å². The first-order chi connectivity index (χ1) is 7.75. The van der Waals surface area contributed by atoms with E-state index in [1.54, 1.807) is 0 Å². The van der Waals surface area contributed by atoms with Gasteiger partial charge in [-0.3, -0.25) is 0 Å². The number of hydrogen-bond donors (Lipinski definition) is 1. The topological polar surface area (TPSA) is 23.5 Å². The maximum atomic E-state index is 8.81. The molecule has 0 radical (unpaired) electrons. The molecule has 0 amide bonds. The molecule has 0 aromatic carbocycles. The molecule has 2 heteroatoms. The van der Waals surface area contributed by atoms with Gasteiger partial charge in [-0.2, -0.15) is 0 Å². The normalized spacial score (nSPS) is 27.8. The average Bonchev–Trinajstić information content (AvgIpc) is 2.24. The predicted molar refractivity (Wildman–Crippen MR) is 69.6 cm³/mol. The molecule has 0 bridgehead atoms. The summed E-state index contributed by atoms with van der Waals surface area (Å²) in [5.41, 5.74) is 0. The Balaban J connectivity index is 2.33. The summed E-state index contributed by atoms with van der Waals surface area (Å²) in [4.78, 5) is 2.53. The molecule has 2 atom stereocenters. The summed E-state index contributed by atoms with van der Waals surface area (Å²) in [6, 6.07) is 0.777. The monoisotopic (exact) mass is 227 g/mol. The SMILES string of the molecule is CC1CCCCCCC1N(C)CCCCO. The second kappa shape index (κ2) is 8.08. The van der Waals surface area contributed by atoms with Crippen molar-refractivity contribution in [2.24, 2.45) is 5.92 Å². The van der Waals surface area contributed by atoms with Crippen LogP contribution in [-0.4, -0.2) is 36.2 Å². The first-order valence-corrected chi connectivity index (χ1v) is 7.07. The van der Waals surface area contributed by atoms with Crippen molar-refractivity contribution in [1.29, 1.82) is 0 Å². The Morgan fingerprint density at radius 2 is 1.75 bits per heavy atom. The summed E-state index contributed by atoms with van der Waals surface area (Å²) < 4.78 is 0. The molecule has 1 aliphatic rings. The van der Waals surface area contributed by atoms with Gasteiger partial charge >= 0.3 is 0 Å². The van der Waals surface area contributed by atoms with Gasteiger partial charge in [-0.15, -0.1) is 0 Å². The minimum atomic E-state index is 0.341. The lowest BCUT2D eigenvalue weighted by molar-refractivity contribution is 0.148. The molecule has 2 nitrogen and oxygen atoms in total. The van der Waals surface area contributed by atoms with Crippen LogP contribution < -0.4 is 0 Å². The van der Waals surface area contributed by atoms with Crippen LogP contribution in [0.5, 0.6) is 0 Å². The van der Waals surface area contributed by atoms with Crippen LogP contribution >= 0.6 is 0 Å². The number of rotatable bonds is 5. The highest BCUT2D eigenvalue weighted by atomic mass is 16.2. The summed E-state index contributed by atoms with van der Waals surface area (Å²) in [6.07, 6.45) is 10.5. The molecule has 1 fully saturated rings. The van der Waals surface area contributed by atoms with Crippen LogP contribution in [0.15, 0.2) is 0 Å². The van der Waals surface area contributed by atoms with Gasteiger partial charge in [0.05, 0.1) is 0 Å². The van der Waals surface area contributed by atoms with Crippen molar-refractivity contribution in [2.45, 2.75) is 64.3 Å². The van der Waals surface area contributed by atoms with Gasteiger partial charge in [0.25, 0.3) is 0 Å². The molecule has 0 aromatic heterocycles. The maximum Gasteiger partial charge on any atom is 0.0431 e. The minimum Gasteiger partial charge on any atom is -0.396 e. The molecule has 96 valence electrons. The quantitative estimate of drug-likeness (QED) is 0.730. The molecule has 16 heavy (non-hydrogen) atoms. The summed E-state index contributed by atoms with van der Waals surface area (Å²) in [5, 5.41) is 8.81. The number of nitrogens with zero attached hydrogens (tertiary/aromatic N) is 1. The Labute approximate surface area is 101 Å². The number of aliphatic hydroxyl groups is 1. The second-order valence-electron chi connectivity index (χ2n) is 5.45. The van der Waals surface area contributed by atoms with Crippen LogP contribution in [0.1, 0.15) is 58.3 Å². The van der Waals surface area contributed by atoms with E-state index < -0.39 is 0 Å². The highest BCUT2D eigenvalue weighted by Gasteiger charge is 2.22. The first kappa shape index (κ1) is 14.0. The summed E-state index contributed by atoms with van der Waals surface area (Å²) >= 11 is 0. The standard InChI is InChI=1S/C14H29NO/c1-13-9-5-3-4-6-10-14(13)15(2)11-7-8-12-16/h13-14,16H,3-12H2,1-2H3. The van der Waals surface area contributed by atoms with Crippen LogP contribution in [0.3, 0.4) is 0 Å². The van der Waals surface area contributed by atoms with Crippen molar-refractivity contribution >= 4 is 0 Å². The van der Waals surface area contributed by atoms with Gasteiger partial charge in [-0.1, -0.05) is 32.6 Å². The Morgan fingerprint density at radius 1 is 1.06 bits per heavy atom. The minimum absolute atomic E-state index is 0.341. The molecule has 0 spiro atoms. The van der Waals surface area contributed by atoms with Crippen LogP contribution in [0.2, 0.25) is 0 Å². The fourth-order valence-corrected chi connectivity index (χ4v) is 2.94. The van der Waals surface area contributed by atoms with Crippen LogP contribution in [-0.2, 0) is 0 Å². The zero-order valence-corrected chi connectivity index (χ0v) is 11.1. The van der Waals surface area contributed by atoms with E-state index in [2.05, 4.69) is 18.9 Å². The van der Waals surface area contributed by atoms with Crippen LogP contribution in [0, 0.1) is 5.92 Å². The Morgan fingerprint density at radius 3 is 2.44 bits per heavy atom. The molecule has 1 N–H and O–H groups in total. The Hall–Kier alpha value is -0.0800. The van der Waals surface area contributed by atoms with Gasteiger partial charge in [0.15, 0.2) is 0 Å². The molecule has 1 saturated carbocycles. The van der Waals surface area contributed by atoms with Gasteiger partial charge in [0, 0.05) is 12.6 Å². The van der Waals surface area contributed by atoms with Crippen molar-refractivity contribution in [3.63, 3.8) is 0 Å². The maximum absolute atomic E-state index is 8.81. The molecule has 0 heterocycles. The smallest absolute Gasteiger partial charge is 0.0431 e. The Kier molecular flexibility index (Phi) is 7.06. The molecule has 1 rings (SSSR count). The van der Waals surface area contributed by atoms with E-state index in [-0.39, 0.29) is 0 Å². The molecule has 0 aliphatic heterocycles. The van der Waals surface area contributed by atoms with E-state index in [1.165, 1.54) is 38.5 Å². The summed E-state index contributed by atoms with van der Waals surface area (Å²) in [6.45, 7) is 3.90. The molecule has 0 aromatic rings. The van der Waals surface area contributed by atoms with Gasteiger partial charge in [0.2, 0.25) is 0 Å². The third-order valence-electron chi connectivity index (χ3n) is 4.05. The fraction of sp³-hybridized carbons (Fsp3) is 1.00. The zero-order chi connectivity index (χ0) is 11.8. The number of aliphatic hydroxyl groups excluding tert-OH is 1. The van der Waals surface area contributed by atoms with Crippen molar-refractivity contribution < 1.29 is 5.11 Å². The number of unbranched alkanes of at least 4 members (excludes halogenated alkanes) is 1. The van der Waals surface area contributed by atoms with E-state index in [4.69, 9.17) is 5.11 Å². The van der Waals surface area contributed by atoms with Crippen molar-refractivity contribution in [3.8, 4) is 0 Å². The molecule has 1 aliphatic carbocycles. The van der Waals surface area contributed by atoms with E-state index in [9.17, 15) is 0 Å². The van der Waals surface area contributed by atoms with Gasteiger partial charge < -0.3 is 10.0 Å². The van der Waals surface area contributed by atoms with E-state index in [1.807, 2.05) is 0 Å². The van der Waals surface area contributed by atoms with Gasteiger partial charge in [-0.25, -0.2) is 0 Å². The summed E-state index contributed by atoms with van der Waals surface area (Å²) in [7, 11) is 2.26. The van der Waals surface area contributed by atoms with Crippen LogP contribution in [0.4, 0.5) is 0 Å². The molecule has 0 saturated heterocycles. The van der Waals surface area contributed by atoms with Crippen molar-refractivity contribution in [3.05, 3.63) is 0 Å². The predicted octanol–water partition coefficient (Wildman–Crippen LogP) is 3.05. The highest BCUT2D eigenvalue weighted by molar-refractivity contribution is 4.77. The van der Waals surface area contributed by atoms with Gasteiger partial charge in [-0.05, 0) is 45.2 Å². The lowest BCUT2D eigenvalue weighted by Gasteiger charge is -2.34. The lowest BCUT2D eigenvalue weighted by Crippen LogP contribution is -2.38. The van der Waals surface area contributed by atoms with Crippen LogP contribution in [0.25, 0.3) is 0 Å². The van der Waals surface area contributed by atoms with E-state index >= 15 is 0 Å². The largest absolute Gasteiger partial charge is 0.396 e. The zero-order valence-electron chi connectivity index (χ0n) is 11.1. The van der Waals surface area contributed by atoms with Crippen molar-refractivity contribution in [1.82, 2.24) is 4.90 Å². The Bertz CT molecular complexity index is 172.